The lowest BCUT2D eigenvalue weighted by Crippen LogP contribution is -2.30. The number of nitrogens with zero attached hydrogens (tertiary/aromatic N) is 1. The van der Waals surface area contributed by atoms with Gasteiger partial charge in [-0.3, -0.25) is 0 Å². The molecule has 0 aliphatic carbocycles. The van der Waals surface area contributed by atoms with Crippen LogP contribution < -0.4 is 11.1 Å². The van der Waals surface area contributed by atoms with Crippen LogP contribution in [0.1, 0.15) is 5.56 Å². The Bertz CT molecular complexity index is 661. The molecule has 21 heavy (non-hydrogen) atoms. The fourth-order valence-corrected chi connectivity index (χ4v) is 2.18. The number of benzene rings is 2. The Morgan fingerprint density at radius 1 is 1.24 bits per heavy atom. The van der Waals surface area contributed by atoms with Crippen molar-refractivity contribution in [2.75, 3.05) is 18.1 Å². The molecule has 0 saturated carbocycles. The third-order valence-corrected chi connectivity index (χ3v) is 3.45. The zero-order chi connectivity index (χ0) is 15.4. The van der Waals surface area contributed by atoms with Crippen molar-refractivity contribution in [2.24, 2.45) is 0 Å². The van der Waals surface area contributed by atoms with E-state index in [0.717, 1.165) is 5.56 Å². The van der Waals surface area contributed by atoms with Crippen molar-refractivity contribution in [3.8, 4) is 0 Å². The second-order valence-corrected chi connectivity index (χ2v) is 5.50. The summed E-state index contributed by atoms with van der Waals surface area (Å²) >= 11 is 11.9. The van der Waals surface area contributed by atoms with E-state index in [9.17, 15) is 4.79 Å². The maximum Gasteiger partial charge on any atom is 0.321 e. The molecule has 4 nitrogen and oxygen atoms in total. The summed E-state index contributed by atoms with van der Waals surface area (Å²) in [6.45, 7) is 0.440. The van der Waals surface area contributed by atoms with Crippen molar-refractivity contribution in [1.29, 1.82) is 0 Å². The summed E-state index contributed by atoms with van der Waals surface area (Å²) < 4.78 is 0. The summed E-state index contributed by atoms with van der Waals surface area (Å²) in [6.07, 6.45) is 0. The molecular weight excluding hydrogens is 309 g/mol. The van der Waals surface area contributed by atoms with Gasteiger partial charge in [0.25, 0.3) is 0 Å². The van der Waals surface area contributed by atoms with Gasteiger partial charge in [0.1, 0.15) is 0 Å². The van der Waals surface area contributed by atoms with Gasteiger partial charge in [0, 0.05) is 24.3 Å². The minimum absolute atomic E-state index is 0.276. The fourth-order valence-electron chi connectivity index (χ4n) is 1.84. The van der Waals surface area contributed by atoms with Gasteiger partial charge in [-0.1, -0.05) is 35.3 Å². The summed E-state index contributed by atoms with van der Waals surface area (Å²) in [4.78, 5) is 13.7. The van der Waals surface area contributed by atoms with Crippen LogP contribution >= 0.6 is 23.2 Å². The third-order valence-electron chi connectivity index (χ3n) is 2.89. The van der Waals surface area contributed by atoms with Gasteiger partial charge in [-0.2, -0.15) is 0 Å². The summed E-state index contributed by atoms with van der Waals surface area (Å²) in [6, 6.07) is 12.0. The highest BCUT2D eigenvalue weighted by Crippen LogP contribution is 2.25. The highest BCUT2D eigenvalue weighted by molar-refractivity contribution is 6.35. The number of amides is 2. The van der Waals surface area contributed by atoms with Crippen LogP contribution in [-0.2, 0) is 6.54 Å². The number of urea groups is 1. The van der Waals surface area contributed by atoms with Gasteiger partial charge >= 0.3 is 6.03 Å². The van der Waals surface area contributed by atoms with E-state index in [1.54, 1.807) is 31.3 Å². The smallest absolute Gasteiger partial charge is 0.321 e. The van der Waals surface area contributed by atoms with Crippen LogP contribution in [0.3, 0.4) is 0 Å². The molecule has 110 valence electrons. The van der Waals surface area contributed by atoms with Crippen LogP contribution in [0.2, 0.25) is 10.0 Å². The third kappa shape index (κ3) is 4.28. The van der Waals surface area contributed by atoms with Gasteiger partial charge in [-0.25, -0.2) is 4.79 Å². The minimum atomic E-state index is -0.276. The maximum atomic E-state index is 12.1. The highest BCUT2D eigenvalue weighted by Gasteiger charge is 2.11. The first-order chi connectivity index (χ1) is 9.95. The van der Waals surface area contributed by atoms with Crippen LogP contribution in [0.25, 0.3) is 0 Å². The lowest BCUT2D eigenvalue weighted by atomic mass is 10.2. The number of nitrogen functional groups attached to an aromatic ring is 1. The molecule has 0 atom stereocenters. The van der Waals surface area contributed by atoms with Gasteiger partial charge in [0.15, 0.2) is 0 Å². The Morgan fingerprint density at radius 3 is 2.71 bits per heavy atom. The van der Waals surface area contributed by atoms with Crippen LogP contribution in [0.5, 0.6) is 0 Å². The highest BCUT2D eigenvalue weighted by atomic mass is 35.5. The standard InChI is InChI=1S/C15H15Cl2N3O/c1-20(9-10-3-2-4-12(18)7-10)15(21)19-14-8-11(16)5-6-13(14)17/h2-8H,9,18H2,1H3,(H,19,21). The predicted molar refractivity (Wildman–Crippen MR) is 87.8 cm³/mol. The Morgan fingerprint density at radius 2 is 2.00 bits per heavy atom. The first-order valence-corrected chi connectivity index (χ1v) is 7.03. The minimum Gasteiger partial charge on any atom is -0.399 e. The Labute approximate surface area is 133 Å². The van der Waals surface area contributed by atoms with Crippen LogP contribution in [-0.4, -0.2) is 18.0 Å². The zero-order valence-electron chi connectivity index (χ0n) is 11.4. The lowest BCUT2D eigenvalue weighted by Gasteiger charge is -2.19. The van der Waals surface area contributed by atoms with E-state index in [1.165, 1.54) is 4.90 Å². The van der Waals surface area contributed by atoms with Crippen molar-refractivity contribution < 1.29 is 4.79 Å². The second kappa shape index (κ2) is 6.70. The fraction of sp³-hybridized carbons (Fsp3) is 0.133. The predicted octanol–water partition coefficient (Wildman–Crippen LogP) is 4.24. The van der Waals surface area contributed by atoms with Gasteiger partial charge in [-0.15, -0.1) is 0 Å². The van der Waals surface area contributed by atoms with Crippen molar-refractivity contribution >= 4 is 40.6 Å². The number of rotatable bonds is 3. The molecule has 0 aliphatic rings. The maximum absolute atomic E-state index is 12.1. The first kappa shape index (κ1) is 15.5. The number of hydrogen-bond donors (Lipinski definition) is 2. The summed E-state index contributed by atoms with van der Waals surface area (Å²) in [7, 11) is 1.69. The van der Waals surface area contributed by atoms with Gasteiger partial charge in [0.05, 0.1) is 10.7 Å². The van der Waals surface area contributed by atoms with Crippen molar-refractivity contribution in [1.82, 2.24) is 4.90 Å². The number of hydrogen-bond acceptors (Lipinski definition) is 2. The normalized spacial score (nSPS) is 10.2. The van der Waals surface area contributed by atoms with Gasteiger partial charge in [-0.05, 0) is 35.9 Å². The second-order valence-electron chi connectivity index (χ2n) is 4.66. The molecule has 0 aliphatic heterocycles. The van der Waals surface area contributed by atoms with Crippen molar-refractivity contribution in [3.63, 3.8) is 0 Å². The molecule has 6 heteroatoms. The lowest BCUT2D eigenvalue weighted by molar-refractivity contribution is 0.220. The SMILES string of the molecule is CN(Cc1cccc(N)c1)C(=O)Nc1cc(Cl)ccc1Cl. The number of nitrogens with one attached hydrogen (secondary N) is 1. The molecule has 3 N–H and O–H groups in total. The zero-order valence-corrected chi connectivity index (χ0v) is 12.9. The molecule has 2 aromatic rings. The topological polar surface area (TPSA) is 58.4 Å². The molecule has 0 bridgehead atoms. The average molecular weight is 324 g/mol. The molecule has 2 rings (SSSR count). The Hall–Kier alpha value is -1.91. The van der Waals surface area contributed by atoms with E-state index in [4.69, 9.17) is 28.9 Å². The number of halogens is 2. The molecule has 2 amide bonds. The van der Waals surface area contributed by atoms with Crippen molar-refractivity contribution in [3.05, 3.63) is 58.1 Å². The molecular formula is C15H15Cl2N3O. The number of carbonyl (C=O) groups excluding carboxylic acids is 1. The average Bonchev–Trinajstić information content (AvgIpc) is 2.43. The van der Waals surface area contributed by atoms with E-state index in [1.807, 2.05) is 18.2 Å². The number of anilines is 2. The van der Waals surface area contributed by atoms with E-state index in [0.29, 0.717) is 28.0 Å². The molecule has 0 radical (unpaired) electrons. The molecule has 0 spiro atoms. The van der Waals surface area contributed by atoms with E-state index in [2.05, 4.69) is 5.32 Å². The first-order valence-electron chi connectivity index (χ1n) is 6.27. The van der Waals surface area contributed by atoms with Crippen LogP contribution in [0, 0.1) is 0 Å². The molecule has 0 unspecified atom stereocenters. The molecule has 0 aromatic heterocycles. The monoisotopic (exact) mass is 323 g/mol. The molecule has 0 heterocycles. The summed E-state index contributed by atoms with van der Waals surface area (Å²) in [5, 5.41) is 3.67. The van der Waals surface area contributed by atoms with Crippen LogP contribution in [0.4, 0.5) is 16.2 Å². The molecule has 2 aromatic carbocycles. The summed E-state index contributed by atoms with van der Waals surface area (Å²) in [5.41, 5.74) is 7.81. The largest absolute Gasteiger partial charge is 0.399 e. The van der Waals surface area contributed by atoms with Gasteiger partial charge in [0.2, 0.25) is 0 Å². The molecule has 0 saturated heterocycles. The van der Waals surface area contributed by atoms with Crippen LogP contribution in [0.15, 0.2) is 42.5 Å². The van der Waals surface area contributed by atoms with E-state index in [-0.39, 0.29) is 6.03 Å². The van der Waals surface area contributed by atoms with Crippen molar-refractivity contribution in [2.45, 2.75) is 6.54 Å². The Kier molecular flexibility index (Phi) is 4.94. The number of carbonyl (C=O) groups is 1. The number of nitrogens with two attached hydrogens (primary N) is 1. The van der Waals surface area contributed by atoms with Gasteiger partial charge < -0.3 is 16.0 Å². The quantitative estimate of drug-likeness (QED) is 0.830. The Balaban J connectivity index is 2.04. The summed E-state index contributed by atoms with van der Waals surface area (Å²) in [5.74, 6) is 0. The van der Waals surface area contributed by atoms with E-state index < -0.39 is 0 Å². The molecule has 0 fully saturated rings. The van der Waals surface area contributed by atoms with E-state index >= 15 is 0 Å².